The largest absolute Gasteiger partial charge is 0.382 e. The quantitative estimate of drug-likeness (QED) is 0.778. The summed E-state index contributed by atoms with van der Waals surface area (Å²) in [7, 11) is 0. The summed E-state index contributed by atoms with van der Waals surface area (Å²) >= 11 is 6.16. The Labute approximate surface area is 127 Å². The zero-order valence-corrected chi connectivity index (χ0v) is 12.2. The topological polar surface area (TPSA) is 66.7 Å². The fourth-order valence-corrected chi connectivity index (χ4v) is 2.63. The number of aliphatic hydroxyl groups is 1. The average Bonchev–Trinajstić information content (AvgIpc) is 3.14. The minimum absolute atomic E-state index is 0.449. The molecule has 2 heterocycles. The Morgan fingerprint density at radius 2 is 2.05 bits per heavy atom. The van der Waals surface area contributed by atoms with Crippen molar-refractivity contribution in [1.29, 1.82) is 0 Å². The van der Waals surface area contributed by atoms with Gasteiger partial charge in [-0.2, -0.15) is 10.2 Å². The highest BCUT2D eigenvalue weighted by molar-refractivity contribution is 6.31. The zero-order valence-electron chi connectivity index (χ0n) is 11.5. The van der Waals surface area contributed by atoms with Crippen LogP contribution in [0.1, 0.15) is 24.3 Å². The van der Waals surface area contributed by atoms with Gasteiger partial charge in [-0.15, -0.1) is 0 Å². The van der Waals surface area contributed by atoms with Crippen molar-refractivity contribution in [2.45, 2.75) is 19.6 Å². The van der Waals surface area contributed by atoms with Gasteiger partial charge in [0.1, 0.15) is 6.10 Å². The molecular weight excluding hydrogens is 288 g/mol. The van der Waals surface area contributed by atoms with Crippen LogP contribution in [0.25, 0.3) is 11.3 Å². The molecule has 3 aromatic rings. The van der Waals surface area contributed by atoms with Crippen molar-refractivity contribution < 1.29 is 5.11 Å². The minimum Gasteiger partial charge on any atom is -0.382 e. The standard InChI is InChI=1S/C15H15ClN4O/c1-2-20-14(12(16)9-18-20)15(21)11-8-17-19-13(11)10-6-4-3-5-7-10/h3-9,15,21H,2H2,1H3,(H,17,19). The van der Waals surface area contributed by atoms with E-state index >= 15 is 0 Å². The third-order valence-electron chi connectivity index (χ3n) is 3.42. The van der Waals surface area contributed by atoms with Crippen LogP contribution >= 0.6 is 11.6 Å². The first-order valence-electron chi connectivity index (χ1n) is 6.70. The van der Waals surface area contributed by atoms with Gasteiger partial charge in [-0.05, 0) is 12.5 Å². The van der Waals surface area contributed by atoms with Crippen molar-refractivity contribution in [3.8, 4) is 11.3 Å². The van der Waals surface area contributed by atoms with E-state index in [0.717, 1.165) is 11.3 Å². The molecule has 0 fully saturated rings. The number of H-pyrrole nitrogens is 1. The normalized spacial score (nSPS) is 12.5. The minimum atomic E-state index is -0.881. The monoisotopic (exact) mass is 302 g/mol. The second-order valence-electron chi connectivity index (χ2n) is 4.66. The Kier molecular flexibility index (Phi) is 3.77. The molecule has 2 aromatic heterocycles. The second-order valence-corrected chi connectivity index (χ2v) is 5.07. The van der Waals surface area contributed by atoms with Crippen molar-refractivity contribution in [2.24, 2.45) is 0 Å². The lowest BCUT2D eigenvalue weighted by molar-refractivity contribution is 0.208. The number of aliphatic hydroxyl groups excluding tert-OH is 1. The number of aromatic nitrogens is 4. The number of benzene rings is 1. The lowest BCUT2D eigenvalue weighted by atomic mass is 10.0. The smallest absolute Gasteiger partial charge is 0.126 e. The van der Waals surface area contributed by atoms with Gasteiger partial charge in [0.25, 0.3) is 0 Å². The summed E-state index contributed by atoms with van der Waals surface area (Å²) in [4.78, 5) is 0. The van der Waals surface area contributed by atoms with Crippen LogP contribution in [0.2, 0.25) is 5.02 Å². The first kappa shape index (κ1) is 13.9. The van der Waals surface area contributed by atoms with E-state index in [1.165, 1.54) is 0 Å². The van der Waals surface area contributed by atoms with Crippen LogP contribution in [-0.4, -0.2) is 25.1 Å². The van der Waals surface area contributed by atoms with Crippen LogP contribution in [-0.2, 0) is 6.54 Å². The Morgan fingerprint density at radius 1 is 1.29 bits per heavy atom. The molecule has 6 heteroatoms. The van der Waals surface area contributed by atoms with Gasteiger partial charge in [-0.25, -0.2) is 0 Å². The second kappa shape index (κ2) is 5.71. The molecule has 1 aromatic carbocycles. The van der Waals surface area contributed by atoms with Gasteiger partial charge in [0, 0.05) is 12.1 Å². The fraction of sp³-hybridized carbons (Fsp3) is 0.200. The maximum Gasteiger partial charge on any atom is 0.126 e. The molecule has 0 aliphatic heterocycles. The molecule has 0 aliphatic carbocycles. The number of nitrogens with zero attached hydrogens (tertiary/aromatic N) is 3. The molecule has 0 aliphatic rings. The molecule has 0 saturated heterocycles. The van der Waals surface area contributed by atoms with Crippen LogP contribution in [0.3, 0.4) is 0 Å². The van der Waals surface area contributed by atoms with Gasteiger partial charge in [0.05, 0.1) is 28.8 Å². The van der Waals surface area contributed by atoms with E-state index in [1.807, 2.05) is 37.3 Å². The summed E-state index contributed by atoms with van der Waals surface area (Å²) in [5.74, 6) is 0. The molecular formula is C15H15ClN4O. The van der Waals surface area contributed by atoms with E-state index in [1.54, 1.807) is 17.1 Å². The van der Waals surface area contributed by atoms with E-state index in [2.05, 4.69) is 15.3 Å². The lowest BCUT2D eigenvalue weighted by Crippen LogP contribution is -2.10. The lowest BCUT2D eigenvalue weighted by Gasteiger charge is -2.13. The highest BCUT2D eigenvalue weighted by atomic mass is 35.5. The molecule has 2 N–H and O–H groups in total. The van der Waals surface area contributed by atoms with Gasteiger partial charge < -0.3 is 5.11 Å². The summed E-state index contributed by atoms with van der Waals surface area (Å²) in [6, 6.07) is 9.75. The van der Waals surface area contributed by atoms with Crippen LogP contribution < -0.4 is 0 Å². The molecule has 5 nitrogen and oxygen atoms in total. The highest BCUT2D eigenvalue weighted by Gasteiger charge is 2.23. The van der Waals surface area contributed by atoms with E-state index in [4.69, 9.17) is 11.6 Å². The molecule has 3 rings (SSSR count). The summed E-state index contributed by atoms with van der Waals surface area (Å²) in [6.45, 7) is 2.59. The summed E-state index contributed by atoms with van der Waals surface area (Å²) < 4.78 is 1.69. The SMILES string of the molecule is CCn1ncc(Cl)c1C(O)c1cn[nH]c1-c1ccccc1. The number of halogens is 1. The summed E-state index contributed by atoms with van der Waals surface area (Å²) in [5.41, 5.74) is 3.00. The van der Waals surface area contributed by atoms with Crippen molar-refractivity contribution in [1.82, 2.24) is 20.0 Å². The number of hydrogen-bond donors (Lipinski definition) is 2. The Morgan fingerprint density at radius 3 is 2.76 bits per heavy atom. The van der Waals surface area contributed by atoms with Crippen LogP contribution in [0, 0.1) is 0 Å². The number of aryl methyl sites for hydroxylation is 1. The Bertz CT molecular complexity index is 735. The van der Waals surface area contributed by atoms with Crippen LogP contribution in [0.15, 0.2) is 42.7 Å². The van der Waals surface area contributed by atoms with E-state index in [-0.39, 0.29) is 0 Å². The van der Waals surface area contributed by atoms with Crippen molar-refractivity contribution in [3.63, 3.8) is 0 Å². The third kappa shape index (κ3) is 2.46. The van der Waals surface area contributed by atoms with E-state index < -0.39 is 6.10 Å². The maximum absolute atomic E-state index is 10.7. The zero-order chi connectivity index (χ0) is 14.8. The van der Waals surface area contributed by atoms with Crippen molar-refractivity contribution >= 4 is 11.6 Å². The fourth-order valence-electron chi connectivity index (χ4n) is 2.38. The predicted octanol–water partition coefficient (Wildman–Crippen LogP) is 3.03. The maximum atomic E-state index is 10.7. The van der Waals surface area contributed by atoms with E-state index in [9.17, 15) is 5.11 Å². The van der Waals surface area contributed by atoms with Crippen LogP contribution in [0.5, 0.6) is 0 Å². The van der Waals surface area contributed by atoms with Gasteiger partial charge in [-0.3, -0.25) is 9.78 Å². The van der Waals surface area contributed by atoms with Gasteiger partial charge in [0.15, 0.2) is 0 Å². The third-order valence-corrected chi connectivity index (χ3v) is 3.71. The Balaban J connectivity index is 2.06. The summed E-state index contributed by atoms with van der Waals surface area (Å²) in [5, 5.41) is 22.3. The molecule has 0 spiro atoms. The molecule has 1 atom stereocenters. The van der Waals surface area contributed by atoms with E-state index in [0.29, 0.717) is 22.8 Å². The highest BCUT2D eigenvalue weighted by Crippen LogP contribution is 2.33. The number of aromatic amines is 1. The van der Waals surface area contributed by atoms with Gasteiger partial charge >= 0.3 is 0 Å². The molecule has 0 bridgehead atoms. The molecule has 0 amide bonds. The first-order valence-corrected chi connectivity index (χ1v) is 7.08. The number of nitrogens with one attached hydrogen (secondary N) is 1. The summed E-state index contributed by atoms with van der Waals surface area (Å²) in [6.07, 6.45) is 2.29. The average molecular weight is 303 g/mol. The van der Waals surface area contributed by atoms with Crippen molar-refractivity contribution in [3.05, 3.63) is 59.0 Å². The molecule has 108 valence electrons. The number of rotatable bonds is 4. The molecule has 21 heavy (non-hydrogen) atoms. The molecule has 0 radical (unpaired) electrons. The van der Waals surface area contributed by atoms with Crippen molar-refractivity contribution in [2.75, 3.05) is 0 Å². The first-order chi connectivity index (χ1) is 10.2. The molecule has 0 saturated carbocycles. The predicted molar refractivity (Wildman–Crippen MR) is 81.0 cm³/mol. The van der Waals surface area contributed by atoms with Gasteiger partial charge in [-0.1, -0.05) is 41.9 Å². The molecule has 1 unspecified atom stereocenters. The van der Waals surface area contributed by atoms with Gasteiger partial charge in [0.2, 0.25) is 0 Å². The number of hydrogen-bond acceptors (Lipinski definition) is 3. The van der Waals surface area contributed by atoms with Crippen LogP contribution in [0.4, 0.5) is 0 Å². The Hall–Kier alpha value is -2.11.